The highest BCUT2D eigenvalue weighted by Crippen LogP contribution is 2.44. The van der Waals surface area contributed by atoms with Gasteiger partial charge in [0.1, 0.15) is 0 Å². The Labute approximate surface area is 397 Å². The molecule has 0 bridgehead atoms. The summed E-state index contributed by atoms with van der Waals surface area (Å²) < 4.78 is 5.27. The average molecular weight is 888 g/mol. The van der Waals surface area contributed by atoms with Crippen LogP contribution in [0.25, 0.3) is 107 Å². The lowest BCUT2D eigenvalue weighted by Crippen LogP contribution is -2.09. The molecule has 0 radical (unpaired) electrons. The Hall–Kier alpha value is -8.08. The van der Waals surface area contributed by atoms with Gasteiger partial charge in [-0.3, -0.25) is 0 Å². The standard InChI is InChI=1S/C64H41NS2/c1-2-11-48-41-51(27-26-42(48)10-1)50-13-7-12-49(40-50)45-24-22-43(23-25-45)44-28-34-52(35-29-44)65(53-36-30-46(31-37-53)55-16-8-20-61-63(55)57-14-3-5-18-59(57)66-61)54-38-32-47(33-39-54)56-17-9-21-62-64(56)58-15-4-6-19-60(58)67-62/h1-41H. The van der Waals surface area contributed by atoms with E-state index in [1.807, 2.05) is 22.7 Å². The van der Waals surface area contributed by atoms with Crippen LogP contribution in [0.15, 0.2) is 249 Å². The number of hydrogen-bond acceptors (Lipinski definition) is 3. The molecule has 13 aromatic rings. The van der Waals surface area contributed by atoms with Crippen LogP contribution in [-0.2, 0) is 0 Å². The molecule has 3 heteroatoms. The largest absolute Gasteiger partial charge is 0.311 e. The van der Waals surface area contributed by atoms with E-state index in [1.54, 1.807) is 0 Å². The van der Waals surface area contributed by atoms with Crippen molar-refractivity contribution in [2.24, 2.45) is 0 Å². The molecule has 0 aliphatic rings. The van der Waals surface area contributed by atoms with Crippen molar-refractivity contribution < 1.29 is 0 Å². The first-order chi connectivity index (χ1) is 33.2. The fourth-order valence-corrected chi connectivity index (χ4v) is 12.2. The Morgan fingerprint density at radius 3 is 1.15 bits per heavy atom. The molecule has 0 amide bonds. The number of fused-ring (bicyclic) bond motifs is 7. The van der Waals surface area contributed by atoms with Gasteiger partial charge in [0, 0.05) is 57.4 Å². The number of benzene rings is 11. The van der Waals surface area contributed by atoms with E-state index in [1.165, 1.54) is 107 Å². The molecule has 314 valence electrons. The van der Waals surface area contributed by atoms with E-state index in [0.29, 0.717) is 0 Å². The van der Waals surface area contributed by atoms with Gasteiger partial charge in [-0.1, -0.05) is 176 Å². The lowest BCUT2D eigenvalue weighted by molar-refractivity contribution is 1.28. The van der Waals surface area contributed by atoms with Crippen molar-refractivity contribution in [2.45, 2.75) is 0 Å². The van der Waals surface area contributed by atoms with Gasteiger partial charge in [-0.15, -0.1) is 22.7 Å². The molecule has 0 N–H and O–H groups in total. The van der Waals surface area contributed by atoms with Crippen molar-refractivity contribution in [1.29, 1.82) is 0 Å². The molecule has 0 atom stereocenters. The number of rotatable bonds is 8. The molecule has 2 aromatic heterocycles. The summed E-state index contributed by atoms with van der Waals surface area (Å²) in [4.78, 5) is 2.38. The van der Waals surface area contributed by atoms with E-state index < -0.39 is 0 Å². The zero-order valence-corrected chi connectivity index (χ0v) is 38.1. The van der Waals surface area contributed by atoms with Gasteiger partial charge in [-0.25, -0.2) is 0 Å². The van der Waals surface area contributed by atoms with E-state index in [4.69, 9.17) is 0 Å². The normalized spacial score (nSPS) is 11.6. The Balaban J connectivity index is 0.841. The molecule has 11 aromatic carbocycles. The molecule has 1 nitrogen and oxygen atoms in total. The van der Waals surface area contributed by atoms with Crippen molar-refractivity contribution in [3.05, 3.63) is 249 Å². The van der Waals surface area contributed by atoms with Gasteiger partial charge in [-0.05, 0) is 139 Å². The summed E-state index contributed by atoms with van der Waals surface area (Å²) in [6.45, 7) is 0. The summed E-state index contributed by atoms with van der Waals surface area (Å²) >= 11 is 3.73. The Bertz CT molecular complexity index is 3790. The van der Waals surface area contributed by atoms with E-state index in [9.17, 15) is 0 Å². The van der Waals surface area contributed by atoms with Crippen molar-refractivity contribution in [1.82, 2.24) is 0 Å². The first-order valence-corrected chi connectivity index (χ1v) is 24.4. The van der Waals surface area contributed by atoms with Crippen LogP contribution in [0.2, 0.25) is 0 Å². The van der Waals surface area contributed by atoms with Gasteiger partial charge in [0.25, 0.3) is 0 Å². The van der Waals surface area contributed by atoms with Crippen LogP contribution >= 0.6 is 22.7 Å². The zero-order chi connectivity index (χ0) is 44.3. The monoisotopic (exact) mass is 887 g/mol. The van der Waals surface area contributed by atoms with Crippen molar-refractivity contribution in [3.8, 4) is 55.6 Å². The molecule has 13 rings (SSSR count). The molecule has 67 heavy (non-hydrogen) atoms. The number of nitrogens with zero attached hydrogens (tertiary/aromatic N) is 1. The summed E-state index contributed by atoms with van der Waals surface area (Å²) in [6, 6.07) is 91.3. The lowest BCUT2D eigenvalue weighted by atomic mass is 9.96. The summed E-state index contributed by atoms with van der Waals surface area (Å²) in [6.07, 6.45) is 0. The lowest BCUT2D eigenvalue weighted by Gasteiger charge is -2.26. The zero-order valence-electron chi connectivity index (χ0n) is 36.4. The van der Waals surface area contributed by atoms with E-state index in [0.717, 1.165) is 17.1 Å². The number of anilines is 3. The minimum atomic E-state index is 1.10. The van der Waals surface area contributed by atoms with Gasteiger partial charge in [0.15, 0.2) is 0 Å². The Morgan fingerprint density at radius 2 is 0.612 bits per heavy atom. The van der Waals surface area contributed by atoms with Crippen LogP contribution in [0, 0.1) is 0 Å². The van der Waals surface area contributed by atoms with Crippen LogP contribution in [0.4, 0.5) is 17.1 Å². The topological polar surface area (TPSA) is 3.24 Å². The van der Waals surface area contributed by atoms with Crippen LogP contribution in [0.1, 0.15) is 0 Å². The van der Waals surface area contributed by atoms with E-state index >= 15 is 0 Å². The second-order valence-electron chi connectivity index (χ2n) is 17.2. The SMILES string of the molecule is c1cc(-c2ccc(-c3ccc(N(c4ccc(-c5cccc6sc7ccccc7c56)cc4)c4ccc(-c5cccc6sc7ccccc7c56)cc4)cc3)cc2)cc(-c2ccc3ccccc3c2)c1. The molecular weight excluding hydrogens is 847 g/mol. The third kappa shape index (κ3) is 7.08. The molecule has 0 spiro atoms. The molecule has 0 fully saturated rings. The molecular formula is C64H41NS2. The van der Waals surface area contributed by atoms with Crippen molar-refractivity contribution >= 4 is 90.9 Å². The van der Waals surface area contributed by atoms with Crippen LogP contribution < -0.4 is 4.90 Å². The molecule has 0 aliphatic carbocycles. The highest BCUT2D eigenvalue weighted by Gasteiger charge is 2.17. The maximum atomic E-state index is 2.38. The summed E-state index contributed by atoms with van der Waals surface area (Å²) in [7, 11) is 0. The van der Waals surface area contributed by atoms with Crippen LogP contribution in [0.3, 0.4) is 0 Å². The van der Waals surface area contributed by atoms with E-state index in [-0.39, 0.29) is 0 Å². The van der Waals surface area contributed by atoms with Gasteiger partial charge in [-0.2, -0.15) is 0 Å². The Kier molecular flexibility index (Phi) is 9.63. The van der Waals surface area contributed by atoms with Gasteiger partial charge < -0.3 is 4.90 Å². The van der Waals surface area contributed by atoms with Crippen LogP contribution in [-0.4, -0.2) is 0 Å². The fraction of sp³-hybridized carbons (Fsp3) is 0. The predicted molar refractivity (Wildman–Crippen MR) is 292 cm³/mol. The predicted octanol–water partition coefficient (Wildman–Crippen LogP) is 19.4. The Morgan fingerprint density at radius 1 is 0.239 bits per heavy atom. The smallest absolute Gasteiger partial charge is 0.0462 e. The van der Waals surface area contributed by atoms with Gasteiger partial charge in [0.05, 0.1) is 0 Å². The first kappa shape index (κ1) is 39.3. The minimum absolute atomic E-state index is 1.10. The third-order valence-electron chi connectivity index (χ3n) is 13.3. The highest BCUT2D eigenvalue weighted by molar-refractivity contribution is 7.26. The van der Waals surface area contributed by atoms with Crippen molar-refractivity contribution in [2.75, 3.05) is 4.90 Å². The summed E-state index contributed by atoms with van der Waals surface area (Å²) in [5.74, 6) is 0. The molecule has 0 unspecified atom stereocenters. The maximum absolute atomic E-state index is 2.38. The highest BCUT2D eigenvalue weighted by atomic mass is 32.1. The van der Waals surface area contributed by atoms with Crippen LogP contribution in [0.5, 0.6) is 0 Å². The summed E-state index contributed by atoms with van der Waals surface area (Å²) in [5, 5.41) is 7.81. The second kappa shape index (κ2) is 16.4. The molecule has 0 aliphatic heterocycles. The molecule has 2 heterocycles. The quantitative estimate of drug-likeness (QED) is 0.147. The first-order valence-electron chi connectivity index (χ1n) is 22.8. The van der Waals surface area contributed by atoms with Gasteiger partial charge in [0.2, 0.25) is 0 Å². The number of hydrogen-bond donors (Lipinski definition) is 0. The second-order valence-corrected chi connectivity index (χ2v) is 19.4. The molecule has 0 saturated heterocycles. The molecule has 0 saturated carbocycles. The third-order valence-corrected chi connectivity index (χ3v) is 15.6. The maximum Gasteiger partial charge on any atom is 0.0462 e. The summed E-state index contributed by atoms with van der Waals surface area (Å²) in [5.41, 5.74) is 15.5. The minimum Gasteiger partial charge on any atom is -0.311 e. The fourth-order valence-electron chi connectivity index (χ4n) is 9.96. The van der Waals surface area contributed by atoms with E-state index in [2.05, 4.69) is 254 Å². The van der Waals surface area contributed by atoms with Crippen molar-refractivity contribution in [3.63, 3.8) is 0 Å². The average Bonchev–Trinajstić information content (AvgIpc) is 3.98. The van der Waals surface area contributed by atoms with Gasteiger partial charge >= 0.3 is 0 Å². The number of thiophene rings is 2.